The molecule has 1 N–H and O–H groups in total. The van der Waals surface area contributed by atoms with Gasteiger partial charge in [-0.05, 0) is 42.9 Å². The second kappa shape index (κ2) is 7.79. The lowest BCUT2D eigenvalue weighted by Gasteiger charge is -2.21. The Bertz CT molecular complexity index is 689. The van der Waals surface area contributed by atoms with E-state index in [1.165, 1.54) is 23.9 Å². The van der Waals surface area contributed by atoms with E-state index in [-0.39, 0.29) is 23.5 Å². The molecule has 2 aromatic rings. The lowest BCUT2D eigenvalue weighted by Crippen LogP contribution is -2.39. The highest BCUT2D eigenvalue weighted by Gasteiger charge is 2.28. The predicted octanol–water partition coefficient (Wildman–Crippen LogP) is 3.14. The van der Waals surface area contributed by atoms with Crippen LogP contribution in [0, 0.1) is 18.7 Å². The van der Waals surface area contributed by atoms with Crippen molar-refractivity contribution < 1.29 is 13.6 Å². The molecule has 24 heavy (non-hydrogen) atoms. The van der Waals surface area contributed by atoms with Crippen molar-refractivity contribution in [1.29, 1.82) is 0 Å². The molecule has 0 saturated heterocycles. The number of hydrogen-bond acceptors (Lipinski definition) is 5. The first-order valence-corrected chi connectivity index (χ1v) is 9.05. The molecule has 2 atom stereocenters. The molecule has 1 aromatic carbocycles. The zero-order valence-corrected chi connectivity index (χ0v) is 14.3. The van der Waals surface area contributed by atoms with E-state index >= 15 is 0 Å². The fourth-order valence-corrected chi connectivity index (χ4v) is 3.72. The Morgan fingerprint density at radius 3 is 2.83 bits per heavy atom. The van der Waals surface area contributed by atoms with E-state index in [2.05, 4.69) is 15.5 Å². The molecular weight excluding hydrogens is 329 g/mol. The molecule has 1 amide bonds. The largest absolute Gasteiger partial charge is 0.416 e. The van der Waals surface area contributed by atoms with Gasteiger partial charge in [0.1, 0.15) is 5.82 Å². The molecule has 0 spiro atoms. The van der Waals surface area contributed by atoms with Crippen molar-refractivity contribution in [3.63, 3.8) is 0 Å². The van der Waals surface area contributed by atoms with E-state index in [4.69, 9.17) is 4.42 Å². The maximum absolute atomic E-state index is 13.0. The first-order chi connectivity index (χ1) is 11.6. The number of benzene rings is 1. The number of amides is 1. The summed E-state index contributed by atoms with van der Waals surface area (Å²) in [5.41, 5.74) is 1.11. The van der Waals surface area contributed by atoms with Gasteiger partial charge in [-0.25, -0.2) is 4.39 Å². The number of hydrogen-bond donors (Lipinski definition) is 1. The van der Waals surface area contributed by atoms with E-state index in [9.17, 15) is 9.18 Å². The third kappa shape index (κ3) is 4.56. The summed E-state index contributed by atoms with van der Waals surface area (Å²) in [6.07, 6.45) is 4.04. The van der Waals surface area contributed by atoms with Gasteiger partial charge in [0, 0.05) is 13.0 Å². The van der Waals surface area contributed by atoms with Crippen LogP contribution in [-0.4, -0.2) is 27.9 Å². The first kappa shape index (κ1) is 17.0. The Morgan fingerprint density at radius 2 is 2.12 bits per heavy atom. The summed E-state index contributed by atoms with van der Waals surface area (Å²) in [5.74, 6) is 0.916. The fraction of sp³-hybridized carbons (Fsp3) is 0.471. The summed E-state index contributed by atoms with van der Waals surface area (Å²) < 4.78 is 18.2. The van der Waals surface area contributed by atoms with Crippen molar-refractivity contribution in [3.05, 3.63) is 41.5 Å². The molecule has 1 aliphatic carbocycles. The van der Waals surface area contributed by atoms with Gasteiger partial charge < -0.3 is 9.73 Å². The van der Waals surface area contributed by atoms with Gasteiger partial charge in [-0.3, -0.25) is 4.79 Å². The van der Waals surface area contributed by atoms with Gasteiger partial charge in [-0.2, -0.15) is 0 Å². The van der Waals surface area contributed by atoms with Gasteiger partial charge in [0.2, 0.25) is 11.8 Å². The summed E-state index contributed by atoms with van der Waals surface area (Å²) in [7, 11) is 0. The van der Waals surface area contributed by atoms with Crippen LogP contribution in [-0.2, 0) is 11.2 Å². The molecule has 1 heterocycles. The molecule has 3 rings (SSSR count). The zero-order chi connectivity index (χ0) is 16.9. The minimum absolute atomic E-state index is 0.0214. The number of nitrogens with zero attached hydrogens (tertiary/aromatic N) is 2. The van der Waals surface area contributed by atoms with E-state index in [1.54, 1.807) is 6.92 Å². The molecule has 128 valence electrons. The Morgan fingerprint density at radius 1 is 1.33 bits per heavy atom. The number of aryl methyl sites for hydroxylation is 1. The standard InChI is InChI=1S/C17H20FN3O2S/c1-11-20-21-17(23-11)24-10-16(22)19-15-4-2-3-13(15)9-12-5-7-14(18)8-6-12/h5-8,13,15H,2-4,9-10H2,1H3,(H,19,22)/t13-,15-/m1/s1. The van der Waals surface area contributed by atoms with Crippen LogP contribution in [0.25, 0.3) is 0 Å². The highest BCUT2D eigenvalue weighted by atomic mass is 32.2. The SMILES string of the molecule is Cc1nnc(SCC(=O)N[C@@H]2CCC[C@@H]2Cc2ccc(F)cc2)o1. The lowest BCUT2D eigenvalue weighted by atomic mass is 9.94. The van der Waals surface area contributed by atoms with Crippen molar-refractivity contribution in [3.8, 4) is 0 Å². The number of rotatable bonds is 6. The van der Waals surface area contributed by atoms with E-state index in [1.807, 2.05) is 12.1 Å². The van der Waals surface area contributed by atoms with Crippen LogP contribution >= 0.6 is 11.8 Å². The average molecular weight is 349 g/mol. The Kier molecular flexibility index (Phi) is 5.50. The number of nitrogens with one attached hydrogen (secondary N) is 1. The van der Waals surface area contributed by atoms with Crippen LogP contribution in [0.5, 0.6) is 0 Å². The Hall–Kier alpha value is -1.89. The maximum Gasteiger partial charge on any atom is 0.277 e. The smallest absolute Gasteiger partial charge is 0.277 e. The van der Waals surface area contributed by atoms with Gasteiger partial charge in [0.25, 0.3) is 5.22 Å². The number of halogens is 1. The van der Waals surface area contributed by atoms with Gasteiger partial charge in [0.05, 0.1) is 5.75 Å². The van der Waals surface area contributed by atoms with E-state index < -0.39 is 0 Å². The van der Waals surface area contributed by atoms with Crippen LogP contribution in [0.3, 0.4) is 0 Å². The van der Waals surface area contributed by atoms with Crippen LogP contribution in [0.4, 0.5) is 4.39 Å². The highest BCUT2D eigenvalue weighted by Crippen LogP contribution is 2.29. The molecule has 1 aliphatic rings. The molecule has 0 bridgehead atoms. The predicted molar refractivity (Wildman–Crippen MR) is 89.1 cm³/mol. The summed E-state index contributed by atoms with van der Waals surface area (Å²) in [6, 6.07) is 6.79. The normalized spacial score (nSPS) is 20.2. The minimum atomic E-state index is -0.219. The number of carbonyl (C=O) groups excluding carboxylic acids is 1. The Balaban J connectivity index is 1.49. The topological polar surface area (TPSA) is 68.0 Å². The average Bonchev–Trinajstić information content (AvgIpc) is 3.17. The van der Waals surface area contributed by atoms with E-state index in [0.29, 0.717) is 17.0 Å². The van der Waals surface area contributed by atoms with Crippen LogP contribution in [0.1, 0.15) is 30.7 Å². The fourth-order valence-electron chi connectivity index (χ4n) is 3.11. The third-order valence-electron chi connectivity index (χ3n) is 4.25. The van der Waals surface area contributed by atoms with Gasteiger partial charge in [-0.1, -0.05) is 30.3 Å². The number of aromatic nitrogens is 2. The molecule has 0 radical (unpaired) electrons. The maximum atomic E-state index is 13.0. The summed E-state index contributed by atoms with van der Waals surface area (Å²) in [5, 5.41) is 11.1. The monoisotopic (exact) mass is 349 g/mol. The molecule has 1 aromatic heterocycles. The van der Waals surface area contributed by atoms with Gasteiger partial charge in [0.15, 0.2) is 0 Å². The second-order valence-corrected chi connectivity index (χ2v) is 7.00. The molecular formula is C17H20FN3O2S. The summed E-state index contributed by atoms with van der Waals surface area (Å²) in [4.78, 5) is 12.2. The van der Waals surface area contributed by atoms with Crippen LogP contribution in [0.15, 0.2) is 33.9 Å². The third-order valence-corrected chi connectivity index (χ3v) is 5.07. The van der Waals surface area contributed by atoms with Crippen molar-refractivity contribution in [2.75, 3.05) is 5.75 Å². The molecule has 1 saturated carbocycles. The quantitative estimate of drug-likeness (QED) is 0.812. The van der Waals surface area contributed by atoms with Crippen LogP contribution < -0.4 is 5.32 Å². The lowest BCUT2D eigenvalue weighted by molar-refractivity contribution is -0.119. The zero-order valence-electron chi connectivity index (χ0n) is 13.5. The van der Waals surface area contributed by atoms with Gasteiger partial charge in [-0.15, -0.1) is 10.2 Å². The minimum Gasteiger partial charge on any atom is -0.416 e. The first-order valence-electron chi connectivity index (χ1n) is 8.07. The van der Waals surface area contributed by atoms with E-state index in [0.717, 1.165) is 31.2 Å². The molecule has 5 nitrogen and oxygen atoms in total. The summed E-state index contributed by atoms with van der Waals surface area (Å²) >= 11 is 1.25. The number of thioether (sulfide) groups is 1. The summed E-state index contributed by atoms with van der Waals surface area (Å²) in [6.45, 7) is 1.72. The number of carbonyl (C=O) groups is 1. The second-order valence-electron chi connectivity index (χ2n) is 6.07. The molecule has 0 unspecified atom stereocenters. The van der Waals surface area contributed by atoms with Crippen molar-refractivity contribution >= 4 is 17.7 Å². The molecule has 1 fully saturated rings. The molecule has 0 aliphatic heterocycles. The van der Waals surface area contributed by atoms with Crippen LogP contribution in [0.2, 0.25) is 0 Å². The molecule has 7 heteroatoms. The Labute approximate surface area is 144 Å². The van der Waals surface area contributed by atoms with Crippen molar-refractivity contribution in [2.24, 2.45) is 5.92 Å². The van der Waals surface area contributed by atoms with Gasteiger partial charge >= 0.3 is 0 Å². The van der Waals surface area contributed by atoms with Crippen molar-refractivity contribution in [2.45, 2.75) is 43.9 Å². The van der Waals surface area contributed by atoms with Crippen molar-refractivity contribution in [1.82, 2.24) is 15.5 Å². The highest BCUT2D eigenvalue weighted by molar-refractivity contribution is 7.99.